The molecule has 2 rings (SSSR count). The zero-order valence-corrected chi connectivity index (χ0v) is 11.9. The average Bonchev–Trinajstić information content (AvgIpc) is 2.72. The second-order valence-corrected chi connectivity index (χ2v) is 5.05. The molecule has 20 heavy (non-hydrogen) atoms. The van der Waals surface area contributed by atoms with Crippen LogP contribution < -0.4 is 5.56 Å². The lowest BCUT2D eigenvalue weighted by Crippen LogP contribution is -2.25. The highest BCUT2D eigenvalue weighted by atomic mass is 32.1. The lowest BCUT2D eigenvalue weighted by molar-refractivity contribution is -0.146. The van der Waals surface area contributed by atoms with Crippen LogP contribution in [0.1, 0.15) is 25.1 Å². The normalized spacial score (nSPS) is 25.6. The smallest absolute Gasteiger partial charge is 0.302 e. The lowest BCUT2D eigenvalue weighted by atomic mass is 10.2. The highest BCUT2D eigenvalue weighted by Crippen LogP contribution is 2.31. The molecule has 1 fully saturated rings. The lowest BCUT2D eigenvalue weighted by Gasteiger charge is -2.16. The number of alkyl halides is 1. The summed E-state index contributed by atoms with van der Waals surface area (Å²) in [4.78, 5) is 24.6. The SMILES string of the molecule is CC(=O)OC[C@H]1O[C@@H](n2cc(C)c(=O)[nH]c2=S)C[C@@H]1F. The van der Waals surface area contributed by atoms with Crippen molar-refractivity contribution in [1.29, 1.82) is 0 Å². The third-order valence-electron chi connectivity index (χ3n) is 3.07. The maximum atomic E-state index is 13.9. The van der Waals surface area contributed by atoms with Crippen LogP contribution in [0.15, 0.2) is 11.0 Å². The Bertz CT molecular complexity index is 627. The molecule has 1 aliphatic heterocycles. The van der Waals surface area contributed by atoms with Gasteiger partial charge in [-0.05, 0) is 19.1 Å². The van der Waals surface area contributed by atoms with E-state index in [9.17, 15) is 14.0 Å². The Labute approximate surface area is 119 Å². The molecule has 6 nitrogen and oxygen atoms in total. The molecule has 0 saturated carbocycles. The number of ether oxygens (including phenoxy) is 2. The van der Waals surface area contributed by atoms with Crippen molar-refractivity contribution >= 4 is 18.2 Å². The molecule has 3 atom stereocenters. The molecule has 0 aromatic carbocycles. The molecule has 0 aliphatic carbocycles. The van der Waals surface area contributed by atoms with Gasteiger partial charge in [0.1, 0.15) is 25.1 Å². The van der Waals surface area contributed by atoms with Gasteiger partial charge in [0.15, 0.2) is 4.77 Å². The Morgan fingerprint density at radius 3 is 3.05 bits per heavy atom. The predicted octanol–water partition coefficient (Wildman–Crippen LogP) is 1.40. The van der Waals surface area contributed by atoms with E-state index in [1.54, 1.807) is 6.92 Å². The first-order chi connectivity index (χ1) is 9.38. The van der Waals surface area contributed by atoms with Crippen molar-refractivity contribution in [2.75, 3.05) is 6.61 Å². The van der Waals surface area contributed by atoms with Crippen molar-refractivity contribution < 1.29 is 18.7 Å². The largest absolute Gasteiger partial charge is 0.463 e. The number of nitrogens with zero attached hydrogens (tertiary/aromatic N) is 1. The third kappa shape index (κ3) is 3.13. The van der Waals surface area contributed by atoms with Gasteiger partial charge in [-0.15, -0.1) is 0 Å². The molecule has 1 N–H and O–H groups in total. The van der Waals surface area contributed by atoms with Gasteiger partial charge in [-0.1, -0.05) is 0 Å². The Hall–Kier alpha value is -1.54. The number of hydrogen-bond donors (Lipinski definition) is 1. The maximum absolute atomic E-state index is 13.9. The van der Waals surface area contributed by atoms with Crippen molar-refractivity contribution in [3.63, 3.8) is 0 Å². The minimum absolute atomic E-state index is 0.0890. The molecular weight excluding hydrogens is 287 g/mol. The van der Waals surface area contributed by atoms with Crippen LogP contribution in [0.5, 0.6) is 0 Å². The Morgan fingerprint density at radius 2 is 2.40 bits per heavy atom. The van der Waals surface area contributed by atoms with Crippen LogP contribution in [0.3, 0.4) is 0 Å². The van der Waals surface area contributed by atoms with Crippen molar-refractivity contribution in [1.82, 2.24) is 9.55 Å². The topological polar surface area (TPSA) is 73.3 Å². The molecule has 1 aromatic rings. The zero-order valence-electron chi connectivity index (χ0n) is 11.1. The van der Waals surface area contributed by atoms with Crippen LogP contribution in [0.4, 0.5) is 4.39 Å². The molecule has 1 aromatic heterocycles. The Morgan fingerprint density at radius 1 is 1.70 bits per heavy atom. The second kappa shape index (κ2) is 5.84. The van der Waals surface area contributed by atoms with E-state index in [4.69, 9.17) is 21.7 Å². The minimum atomic E-state index is -1.26. The number of rotatable bonds is 3. The minimum Gasteiger partial charge on any atom is -0.463 e. The van der Waals surface area contributed by atoms with E-state index in [2.05, 4.69) is 4.98 Å². The number of carbonyl (C=O) groups is 1. The first-order valence-electron chi connectivity index (χ1n) is 6.13. The average molecular weight is 302 g/mol. The molecule has 2 heterocycles. The summed E-state index contributed by atoms with van der Waals surface area (Å²) in [5.41, 5.74) is 0.179. The first-order valence-corrected chi connectivity index (χ1v) is 6.54. The van der Waals surface area contributed by atoms with E-state index in [0.29, 0.717) is 5.56 Å². The fourth-order valence-electron chi connectivity index (χ4n) is 2.01. The number of aryl methyl sites for hydroxylation is 1. The summed E-state index contributed by atoms with van der Waals surface area (Å²) in [5.74, 6) is -0.485. The number of carbonyl (C=O) groups excluding carboxylic acids is 1. The second-order valence-electron chi connectivity index (χ2n) is 4.66. The first kappa shape index (κ1) is 14.9. The summed E-state index contributed by atoms with van der Waals surface area (Å²) < 4.78 is 25.8. The van der Waals surface area contributed by atoms with Crippen LogP contribution in [0.2, 0.25) is 0 Å². The number of aromatic amines is 1. The van der Waals surface area contributed by atoms with E-state index < -0.39 is 24.5 Å². The molecule has 0 amide bonds. The van der Waals surface area contributed by atoms with Gasteiger partial charge in [0.05, 0.1) is 0 Å². The highest BCUT2D eigenvalue weighted by Gasteiger charge is 2.37. The van der Waals surface area contributed by atoms with Gasteiger partial charge >= 0.3 is 5.97 Å². The number of esters is 1. The van der Waals surface area contributed by atoms with Gasteiger partial charge in [0.25, 0.3) is 5.56 Å². The summed E-state index contributed by atoms with van der Waals surface area (Å²) in [5, 5.41) is 0. The highest BCUT2D eigenvalue weighted by molar-refractivity contribution is 7.71. The maximum Gasteiger partial charge on any atom is 0.302 e. The summed E-state index contributed by atoms with van der Waals surface area (Å²) in [7, 11) is 0. The van der Waals surface area contributed by atoms with Crippen molar-refractivity contribution in [2.24, 2.45) is 0 Å². The van der Waals surface area contributed by atoms with Gasteiger partial charge in [0, 0.05) is 25.1 Å². The quantitative estimate of drug-likeness (QED) is 0.675. The fourth-order valence-corrected chi connectivity index (χ4v) is 2.27. The van der Waals surface area contributed by atoms with Crippen molar-refractivity contribution in [3.05, 3.63) is 26.9 Å². The number of nitrogens with one attached hydrogen (secondary N) is 1. The molecule has 1 aliphatic rings. The molecule has 0 unspecified atom stereocenters. The van der Waals surface area contributed by atoms with Crippen LogP contribution in [-0.4, -0.2) is 34.4 Å². The molecule has 8 heteroatoms. The van der Waals surface area contributed by atoms with Crippen molar-refractivity contribution in [3.8, 4) is 0 Å². The zero-order chi connectivity index (χ0) is 14.9. The number of H-pyrrole nitrogens is 1. The molecule has 1 saturated heterocycles. The van der Waals surface area contributed by atoms with Crippen molar-refractivity contribution in [2.45, 2.75) is 38.8 Å². The van der Waals surface area contributed by atoms with E-state index in [0.717, 1.165) is 0 Å². The third-order valence-corrected chi connectivity index (χ3v) is 3.38. The van der Waals surface area contributed by atoms with Gasteiger partial charge in [-0.25, -0.2) is 4.39 Å². The van der Waals surface area contributed by atoms with Gasteiger partial charge < -0.3 is 9.47 Å². The molecule has 0 spiro atoms. The van der Waals surface area contributed by atoms with E-state index in [1.807, 2.05) is 0 Å². The van der Waals surface area contributed by atoms with E-state index >= 15 is 0 Å². The fraction of sp³-hybridized carbons (Fsp3) is 0.583. The van der Waals surface area contributed by atoms with Gasteiger partial charge in [0.2, 0.25) is 0 Å². The number of hydrogen-bond acceptors (Lipinski definition) is 5. The molecule has 110 valence electrons. The molecular formula is C12H15FN2O4S. The van der Waals surface area contributed by atoms with E-state index in [-0.39, 0.29) is 23.4 Å². The summed E-state index contributed by atoms with van der Waals surface area (Å²) in [6.07, 6.45) is -1.07. The van der Waals surface area contributed by atoms with Crippen LogP contribution in [0.25, 0.3) is 0 Å². The summed E-state index contributed by atoms with van der Waals surface area (Å²) in [6, 6.07) is 0. The predicted molar refractivity (Wildman–Crippen MR) is 70.7 cm³/mol. The van der Waals surface area contributed by atoms with Crippen LogP contribution >= 0.6 is 12.2 Å². The Kier molecular flexibility index (Phi) is 4.34. The van der Waals surface area contributed by atoms with Crippen LogP contribution in [0, 0.1) is 11.7 Å². The van der Waals surface area contributed by atoms with Gasteiger partial charge in [-0.3, -0.25) is 19.1 Å². The Balaban J connectivity index is 2.16. The van der Waals surface area contributed by atoms with Gasteiger partial charge in [-0.2, -0.15) is 0 Å². The molecule has 0 bridgehead atoms. The standard InChI is InChI=1S/C12H15FN2O4S/c1-6-4-15(12(20)14-11(6)17)10-3-8(13)9(19-10)5-18-7(2)16/h4,8-10H,3,5H2,1-2H3,(H,14,17,20)/t8-,9+,10+/m0/s1. The number of aromatic nitrogens is 2. The van der Waals surface area contributed by atoms with Crippen LogP contribution in [-0.2, 0) is 14.3 Å². The summed E-state index contributed by atoms with van der Waals surface area (Å²) >= 11 is 5.04. The number of halogens is 1. The monoisotopic (exact) mass is 302 g/mol. The summed E-state index contributed by atoms with van der Waals surface area (Å²) in [6.45, 7) is 2.74. The molecule has 0 radical (unpaired) electrons. The van der Waals surface area contributed by atoms with E-state index in [1.165, 1.54) is 17.7 Å².